The van der Waals surface area contributed by atoms with Crippen LogP contribution < -0.4 is 10.1 Å². The molecule has 0 aliphatic heterocycles. The number of rotatable bonds is 4. The van der Waals surface area contributed by atoms with E-state index in [-0.39, 0.29) is 5.91 Å². The lowest BCUT2D eigenvalue weighted by Gasteiger charge is -2.17. The van der Waals surface area contributed by atoms with Crippen LogP contribution in [-0.2, 0) is 4.79 Å². The third-order valence-corrected chi connectivity index (χ3v) is 3.02. The number of hydrogen-bond donors (Lipinski definition) is 2. The van der Waals surface area contributed by atoms with Crippen LogP contribution in [-0.4, -0.2) is 18.8 Å². The smallest absolute Gasteiger partial charge is 0.225 e. The van der Waals surface area contributed by atoms with E-state index < -0.39 is 0 Å². The summed E-state index contributed by atoms with van der Waals surface area (Å²) in [5.41, 5.74) is 3.99. The van der Waals surface area contributed by atoms with Crippen LogP contribution in [0, 0.1) is 20.8 Å². The van der Waals surface area contributed by atoms with E-state index in [1.165, 1.54) is 0 Å². The van der Waals surface area contributed by atoms with Gasteiger partial charge < -0.3 is 10.1 Å². The first-order valence-corrected chi connectivity index (χ1v) is 6.20. The molecule has 0 heterocycles. The summed E-state index contributed by atoms with van der Waals surface area (Å²) in [7, 11) is 1.62. The minimum Gasteiger partial charge on any atom is -0.494 e. The number of methoxy groups -OCH3 is 1. The van der Waals surface area contributed by atoms with Crippen LogP contribution in [0.3, 0.4) is 0 Å². The molecule has 1 rings (SSSR count). The van der Waals surface area contributed by atoms with Crippen LogP contribution in [0.2, 0.25) is 0 Å². The molecule has 17 heavy (non-hydrogen) atoms. The summed E-state index contributed by atoms with van der Waals surface area (Å²) in [4.78, 5) is 11.6. The van der Waals surface area contributed by atoms with Gasteiger partial charge in [0.1, 0.15) is 5.75 Å². The lowest BCUT2D eigenvalue weighted by atomic mass is 10.0. The highest BCUT2D eigenvalue weighted by Gasteiger charge is 2.14. The SMILES string of the molecule is COc1c(C)c(C)cc(C)c1NC(=O)CCS. The van der Waals surface area contributed by atoms with Gasteiger partial charge in [-0.05, 0) is 43.2 Å². The number of anilines is 1. The summed E-state index contributed by atoms with van der Waals surface area (Å²) in [5.74, 6) is 1.25. The molecule has 1 aromatic carbocycles. The van der Waals surface area contributed by atoms with E-state index in [2.05, 4.69) is 17.9 Å². The Hall–Kier alpha value is -1.16. The van der Waals surface area contributed by atoms with Crippen LogP contribution >= 0.6 is 12.6 Å². The highest BCUT2D eigenvalue weighted by molar-refractivity contribution is 7.80. The second kappa shape index (κ2) is 5.96. The van der Waals surface area contributed by atoms with Gasteiger partial charge in [0, 0.05) is 6.42 Å². The molecule has 1 aromatic rings. The molecule has 0 aliphatic rings. The van der Waals surface area contributed by atoms with E-state index in [0.717, 1.165) is 28.1 Å². The minimum absolute atomic E-state index is 0.0374. The molecule has 0 atom stereocenters. The zero-order chi connectivity index (χ0) is 13.0. The molecule has 4 heteroatoms. The molecule has 0 bridgehead atoms. The normalized spacial score (nSPS) is 10.2. The average Bonchev–Trinajstić information content (AvgIpc) is 2.27. The van der Waals surface area contributed by atoms with Crippen molar-refractivity contribution in [2.45, 2.75) is 27.2 Å². The van der Waals surface area contributed by atoms with Crippen molar-refractivity contribution >= 4 is 24.2 Å². The predicted octanol–water partition coefficient (Wildman–Crippen LogP) is 2.88. The molecule has 0 spiro atoms. The number of nitrogens with one attached hydrogen (secondary N) is 1. The third-order valence-electron chi connectivity index (χ3n) is 2.79. The zero-order valence-electron chi connectivity index (χ0n) is 10.8. The molecule has 0 fully saturated rings. The minimum atomic E-state index is -0.0374. The number of carbonyl (C=O) groups excluding carboxylic acids is 1. The van der Waals surface area contributed by atoms with E-state index in [1.807, 2.05) is 26.8 Å². The van der Waals surface area contributed by atoms with Crippen LogP contribution in [0.15, 0.2) is 6.07 Å². The fraction of sp³-hybridized carbons (Fsp3) is 0.462. The van der Waals surface area contributed by atoms with Crippen LogP contribution in [0.25, 0.3) is 0 Å². The fourth-order valence-corrected chi connectivity index (χ4v) is 1.97. The molecule has 0 unspecified atom stereocenters. The maximum absolute atomic E-state index is 11.6. The third kappa shape index (κ3) is 3.16. The second-order valence-corrected chi connectivity index (χ2v) is 4.51. The average molecular weight is 253 g/mol. The van der Waals surface area contributed by atoms with Crippen molar-refractivity contribution in [3.8, 4) is 5.75 Å². The predicted molar refractivity (Wildman–Crippen MR) is 74.3 cm³/mol. The molecular formula is C13H19NO2S. The van der Waals surface area contributed by atoms with Crippen LogP contribution in [0.1, 0.15) is 23.1 Å². The highest BCUT2D eigenvalue weighted by Crippen LogP contribution is 2.34. The van der Waals surface area contributed by atoms with Crippen molar-refractivity contribution in [3.05, 3.63) is 22.8 Å². The maximum atomic E-state index is 11.6. The Kier molecular flexibility index (Phi) is 4.87. The maximum Gasteiger partial charge on any atom is 0.225 e. The lowest BCUT2D eigenvalue weighted by Crippen LogP contribution is -2.14. The molecule has 1 N–H and O–H groups in total. The Morgan fingerprint density at radius 3 is 2.53 bits per heavy atom. The number of benzene rings is 1. The number of thiol groups is 1. The van der Waals surface area contributed by atoms with Crippen LogP contribution in [0.5, 0.6) is 5.75 Å². The van der Waals surface area contributed by atoms with Gasteiger partial charge in [0.25, 0.3) is 0 Å². The molecule has 94 valence electrons. The van der Waals surface area contributed by atoms with Crippen molar-refractivity contribution < 1.29 is 9.53 Å². The fourth-order valence-electron chi connectivity index (χ4n) is 1.76. The summed E-state index contributed by atoms with van der Waals surface area (Å²) in [5, 5.41) is 2.89. The van der Waals surface area contributed by atoms with Crippen molar-refractivity contribution in [3.63, 3.8) is 0 Å². The Morgan fingerprint density at radius 2 is 2.00 bits per heavy atom. The van der Waals surface area contributed by atoms with E-state index in [0.29, 0.717) is 12.2 Å². The van der Waals surface area contributed by atoms with E-state index in [9.17, 15) is 4.79 Å². The Morgan fingerprint density at radius 1 is 1.35 bits per heavy atom. The monoisotopic (exact) mass is 253 g/mol. The zero-order valence-corrected chi connectivity index (χ0v) is 11.6. The Labute approximate surface area is 108 Å². The van der Waals surface area contributed by atoms with Crippen molar-refractivity contribution in [1.29, 1.82) is 0 Å². The van der Waals surface area contributed by atoms with Crippen molar-refractivity contribution in [2.75, 3.05) is 18.2 Å². The summed E-state index contributed by atoms with van der Waals surface area (Å²) < 4.78 is 5.38. The lowest BCUT2D eigenvalue weighted by molar-refractivity contribution is -0.115. The number of aryl methyl sites for hydroxylation is 2. The largest absolute Gasteiger partial charge is 0.494 e. The van der Waals surface area contributed by atoms with Gasteiger partial charge in [-0.2, -0.15) is 12.6 Å². The van der Waals surface area contributed by atoms with Gasteiger partial charge in [-0.3, -0.25) is 4.79 Å². The van der Waals surface area contributed by atoms with E-state index in [4.69, 9.17) is 4.74 Å². The summed E-state index contributed by atoms with van der Waals surface area (Å²) in [6, 6.07) is 2.05. The molecule has 3 nitrogen and oxygen atoms in total. The van der Waals surface area contributed by atoms with Gasteiger partial charge in [0.05, 0.1) is 12.8 Å². The number of hydrogen-bond acceptors (Lipinski definition) is 3. The van der Waals surface area contributed by atoms with Gasteiger partial charge in [0.15, 0.2) is 0 Å². The molecule has 0 aromatic heterocycles. The number of carbonyl (C=O) groups is 1. The molecule has 0 aliphatic carbocycles. The molecule has 0 radical (unpaired) electrons. The van der Waals surface area contributed by atoms with E-state index >= 15 is 0 Å². The Balaban J connectivity index is 3.14. The molecule has 1 amide bonds. The topological polar surface area (TPSA) is 38.3 Å². The molecule has 0 saturated heterocycles. The van der Waals surface area contributed by atoms with Crippen LogP contribution in [0.4, 0.5) is 5.69 Å². The standard InChI is InChI=1S/C13H19NO2S/c1-8-7-9(2)12(13(16-4)10(8)3)14-11(15)5-6-17/h7,17H,5-6H2,1-4H3,(H,14,15). The first-order chi connectivity index (χ1) is 8.01. The Bertz CT molecular complexity index is 430. The van der Waals surface area contributed by atoms with Gasteiger partial charge in [-0.1, -0.05) is 6.07 Å². The second-order valence-electron chi connectivity index (χ2n) is 4.07. The summed E-state index contributed by atoms with van der Waals surface area (Å²) in [6.45, 7) is 5.98. The first-order valence-electron chi connectivity index (χ1n) is 5.56. The van der Waals surface area contributed by atoms with E-state index in [1.54, 1.807) is 7.11 Å². The summed E-state index contributed by atoms with van der Waals surface area (Å²) in [6.07, 6.45) is 0.401. The number of amides is 1. The van der Waals surface area contributed by atoms with Crippen molar-refractivity contribution in [2.24, 2.45) is 0 Å². The number of ether oxygens (including phenoxy) is 1. The molecule has 0 saturated carbocycles. The van der Waals surface area contributed by atoms with Gasteiger partial charge in [-0.25, -0.2) is 0 Å². The first kappa shape index (κ1) is 13.9. The van der Waals surface area contributed by atoms with Gasteiger partial charge in [0.2, 0.25) is 5.91 Å². The van der Waals surface area contributed by atoms with Gasteiger partial charge in [-0.15, -0.1) is 0 Å². The quantitative estimate of drug-likeness (QED) is 0.810. The van der Waals surface area contributed by atoms with Gasteiger partial charge >= 0.3 is 0 Å². The molecular weight excluding hydrogens is 234 g/mol. The highest BCUT2D eigenvalue weighted by atomic mass is 32.1. The van der Waals surface area contributed by atoms with Crippen molar-refractivity contribution in [1.82, 2.24) is 0 Å². The summed E-state index contributed by atoms with van der Waals surface area (Å²) >= 11 is 4.05.